The maximum Gasteiger partial charge on any atom is 0.305 e. The minimum atomic E-state index is -0.279. The summed E-state index contributed by atoms with van der Waals surface area (Å²) in [5.41, 5.74) is 12.4. The van der Waals surface area contributed by atoms with Crippen LogP contribution < -0.4 is 0 Å². The van der Waals surface area contributed by atoms with Crippen molar-refractivity contribution in [1.82, 2.24) is 4.90 Å². The first kappa shape index (κ1) is 39.6. The molecular weight excluding hydrogens is 670 g/mol. The second-order valence-corrected chi connectivity index (χ2v) is 13.7. The van der Waals surface area contributed by atoms with Gasteiger partial charge in [-0.15, -0.1) is 0 Å². The van der Waals surface area contributed by atoms with Crippen LogP contribution in [-0.4, -0.2) is 100 Å². The van der Waals surface area contributed by atoms with E-state index in [9.17, 15) is 9.59 Å². The maximum absolute atomic E-state index is 14.4. The van der Waals surface area contributed by atoms with E-state index in [0.29, 0.717) is 63.0 Å². The Morgan fingerprint density at radius 1 is 0.830 bits per heavy atom. The number of methoxy groups -OCH3 is 2. The third kappa shape index (κ3) is 8.32. The average molecular weight is 724 g/mol. The van der Waals surface area contributed by atoms with Crippen LogP contribution in [0.5, 0.6) is 0 Å². The Hall–Kier alpha value is -4.58. The number of aliphatic imine (C=N–C) groups is 4. The molecule has 5 aliphatic rings. The SMILES string of the molecule is C=CC1=C(C)C2=CC3=NC(=C(C)C4=NC(=CC5=NC(=CC1=N2)C(C)=C5CC)C(C)=C4C(=O)N(C)CCOCCOCCOC)[C@@H](CCC(=O)OC)[C@@H]3C. The molecule has 0 aromatic carbocycles. The highest BCUT2D eigenvalue weighted by atomic mass is 16.5. The third-order valence-corrected chi connectivity index (χ3v) is 10.5. The van der Waals surface area contributed by atoms with E-state index < -0.39 is 0 Å². The predicted molar refractivity (Wildman–Crippen MR) is 210 cm³/mol. The summed E-state index contributed by atoms with van der Waals surface area (Å²) < 4.78 is 21.3. The molecule has 0 fully saturated rings. The van der Waals surface area contributed by atoms with E-state index in [1.54, 1.807) is 19.1 Å². The molecule has 0 N–H and O–H groups in total. The van der Waals surface area contributed by atoms with Crippen molar-refractivity contribution < 1.29 is 28.5 Å². The molecule has 0 aromatic rings. The maximum atomic E-state index is 14.4. The lowest BCUT2D eigenvalue weighted by Crippen LogP contribution is -2.34. The number of allylic oxidation sites excluding steroid dienone is 11. The van der Waals surface area contributed by atoms with Crippen molar-refractivity contribution in [2.45, 2.75) is 60.8 Å². The van der Waals surface area contributed by atoms with Gasteiger partial charge in [-0.25, -0.2) is 15.0 Å². The van der Waals surface area contributed by atoms with Crippen molar-refractivity contribution in [3.63, 3.8) is 0 Å². The Balaban J connectivity index is 1.62. The smallest absolute Gasteiger partial charge is 0.305 e. The molecule has 53 heavy (non-hydrogen) atoms. The van der Waals surface area contributed by atoms with Gasteiger partial charge in [0.15, 0.2) is 0 Å². The van der Waals surface area contributed by atoms with Gasteiger partial charge in [0, 0.05) is 55.9 Å². The van der Waals surface area contributed by atoms with Crippen molar-refractivity contribution in [3.8, 4) is 0 Å². The molecule has 0 spiro atoms. The number of rotatable bonds is 15. The van der Waals surface area contributed by atoms with Crippen LogP contribution in [0.4, 0.5) is 0 Å². The zero-order chi connectivity index (χ0) is 38.4. The fourth-order valence-corrected chi connectivity index (χ4v) is 7.22. The van der Waals surface area contributed by atoms with Gasteiger partial charge in [-0.3, -0.25) is 14.6 Å². The Morgan fingerprint density at radius 2 is 1.47 bits per heavy atom. The highest BCUT2D eigenvalue weighted by molar-refractivity contribution is 6.31. The van der Waals surface area contributed by atoms with E-state index in [4.69, 9.17) is 38.9 Å². The lowest BCUT2D eigenvalue weighted by atomic mass is 9.84. The van der Waals surface area contributed by atoms with Crippen LogP contribution in [0, 0.1) is 11.8 Å². The molecule has 0 saturated carbocycles. The van der Waals surface area contributed by atoms with Gasteiger partial charge in [0.1, 0.15) is 0 Å². The van der Waals surface area contributed by atoms with Crippen LogP contribution in [0.2, 0.25) is 0 Å². The van der Waals surface area contributed by atoms with Gasteiger partial charge in [0.25, 0.3) is 5.91 Å². The van der Waals surface area contributed by atoms with Crippen LogP contribution in [0.15, 0.2) is 113 Å². The lowest BCUT2D eigenvalue weighted by molar-refractivity contribution is -0.140. The number of esters is 1. The Labute approximate surface area is 313 Å². The van der Waals surface area contributed by atoms with E-state index >= 15 is 0 Å². The second kappa shape index (κ2) is 17.5. The molecular formula is C42H53N5O6. The minimum Gasteiger partial charge on any atom is -0.469 e. The Morgan fingerprint density at radius 3 is 2.15 bits per heavy atom. The predicted octanol–water partition coefficient (Wildman–Crippen LogP) is 6.63. The van der Waals surface area contributed by atoms with Gasteiger partial charge < -0.3 is 23.8 Å². The highest BCUT2D eigenvalue weighted by Crippen LogP contribution is 2.41. The molecule has 5 rings (SSSR count). The summed E-state index contributed by atoms with van der Waals surface area (Å²) in [6.45, 7) is 19.1. The molecule has 0 saturated heterocycles. The van der Waals surface area contributed by atoms with Crippen molar-refractivity contribution in [1.29, 1.82) is 0 Å². The van der Waals surface area contributed by atoms with E-state index in [-0.39, 0.29) is 30.1 Å². The first-order valence-electron chi connectivity index (χ1n) is 18.4. The zero-order valence-corrected chi connectivity index (χ0v) is 32.7. The standard InChI is InChI=1S/C42H53N5O6/c1-11-29-24(3)32-21-34-26(5)31(13-14-38(48)51-10)40(45-34)28(7)41-39(42(49)47(8)15-16-52-19-20-53-18-17-50-9)27(6)35(46-41)23-37-30(12-2)25(4)33(44-37)22-36(29)43-32/h11,21-23,26,31H,1,12-20H2,2-10H3/t26-,31-/m0/s1. The molecule has 11 heteroatoms. The van der Waals surface area contributed by atoms with Crippen molar-refractivity contribution in [2.24, 2.45) is 31.8 Å². The molecule has 0 aliphatic carbocycles. The molecule has 5 aliphatic heterocycles. The molecule has 8 bridgehead atoms. The second-order valence-electron chi connectivity index (χ2n) is 13.7. The molecule has 282 valence electrons. The third-order valence-electron chi connectivity index (χ3n) is 10.5. The van der Waals surface area contributed by atoms with Gasteiger partial charge in [-0.05, 0) is 86.6 Å². The zero-order valence-electron chi connectivity index (χ0n) is 32.7. The van der Waals surface area contributed by atoms with Crippen LogP contribution >= 0.6 is 0 Å². The van der Waals surface area contributed by atoms with E-state index in [0.717, 1.165) is 74.1 Å². The summed E-state index contributed by atoms with van der Waals surface area (Å²) in [7, 11) is 4.82. The number of hydrogen-bond donors (Lipinski definition) is 0. The number of likely N-dealkylation sites (N-methyl/N-ethyl adjacent to an activating group) is 1. The Bertz CT molecular complexity index is 1910. The van der Waals surface area contributed by atoms with Crippen LogP contribution in [0.3, 0.4) is 0 Å². The molecule has 11 nitrogen and oxygen atoms in total. The summed E-state index contributed by atoms with van der Waals surface area (Å²) in [6.07, 6.45) is 9.45. The quantitative estimate of drug-likeness (QED) is 0.138. The summed E-state index contributed by atoms with van der Waals surface area (Å²) in [4.78, 5) is 49.1. The molecule has 0 radical (unpaired) electrons. The molecule has 0 aromatic heterocycles. The Kier molecular flexibility index (Phi) is 13.1. The van der Waals surface area contributed by atoms with Gasteiger partial charge in [-0.2, -0.15) is 0 Å². The number of hydrogen-bond acceptors (Lipinski definition) is 10. The van der Waals surface area contributed by atoms with Gasteiger partial charge in [0.05, 0.1) is 79.9 Å². The summed E-state index contributed by atoms with van der Waals surface area (Å²) in [5, 5.41) is 0. The fraction of sp³-hybridized carbons (Fsp3) is 0.476. The molecule has 0 unspecified atom stereocenters. The van der Waals surface area contributed by atoms with Gasteiger partial charge in [-0.1, -0.05) is 26.5 Å². The van der Waals surface area contributed by atoms with Gasteiger partial charge >= 0.3 is 5.97 Å². The van der Waals surface area contributed by atoms with Crippen molar-refractivity contribution >= 4 is 34.7 Å². The highest BCUT2D eigenvalue weighted by Gasteiger charge is 2.38. The minimum absolute atomic E-state index is 0.0382. The lowest BCUT2D eigenvalue weighted by Gasteiger charge is -2.21. The topological polar surface area (TPSA) is 124 Å². The number of ether oxygens (including phenoxy) is 4. The number of nitrogens with zero attached hydrogens (tertiary/aromatic N) is 5. The largest absolute Gasteiger partial charge is 0.469 e. The van der Waals surface area contributed by atoms with Crippen LogP contribution in [0.25, 0.3) is 0 Å². The van der Waals surface area contributed by atoms with Crippen molar-refractivity contribution in [2.75, 3.05) is 60.8 Å². The normalized spacial score (nSPS) is 21.0. The fourth-order valence-electron chi connectivity index (χ4n) is 7.22. The average Bonchev–Trinajstić information content (AvgIpc) is 3.83. The molecule has 2 atom stereocenters. The summed E-state index contributed by atoms with van der Waals surface area (Å²) in [5.74, 6) is -0.594. The number of amides is 1. The molecule has 1 amide bonds. The summed E-state index contributed by atoms with van der Waals surface area (Å²) >= 11 is 0. The monoisotopic (exact) mass is 723 g/mol. The summed E-state index contributed by atoms with van der Waals surface area (Å²) in [6, 6.07) is 0. The molecule has 5 heterocycles. The number of fused-ring (bicyclic) bond motifs is 4. The van der Waals surface area contributed by atoms with E-state index in [1.807, 2.05) is 45.1 Å². The van der Waals surface area contributed by atoms with E-state index in [1.165, 1.54) is 7.11 Å². The number of carbonyl (C=O) groups is 2. The number of carbonyl (C=O) groups excluding carboxylic acids is 2. The van der Waals surface area contributed by atoms with E-state index in [2.05, 4.69) is 27.4 Å². The van der Waals surface area contributed by atoms with Crippen LogP contribution in [0.1, 0.15) is 60.8 Å². The van der Waals surface area contributed by atoms with Crippen LogP contribution in [-0.2, 0) is 28.5 Å². The first-order chi connectivity index (χ1) is 25.4. The first-order valence-corrected chi connectivity index (χ1v) is 18.4. The van der Waals surface area contributed by atoms with Gasteiger partial charge in [0.2, 0.25) is 0 Å². The van der Waals surface area contributed by atoms with Crippen molar-refractivity contribution in [3.05, 3.63) is 92.7 Å².